The first-order valence-corrected chi connectivity index (χ1v) is 12.7. The van der Waals surface area contributed by atoms with Crippen molar-refractivity contribution in [2.24, 2.45) is 0 Å². The Balaban J connectivity index is 1.93. The standard InChI is InChI=1S/C21H35OPS/c1-21(2,3)24(22)20-16-10-15-19(20)23(17-11-6-4-7-12-17)18-13-8-5-9-14-18/h10,15,17-18H,4-9,11-14,16H2,1-3H3. The Labute approximate surface area is 153 Å². The minimum Gasteiger partial charge on any atom is -0.254 e. The molecular formula is C21H35OPS. The second kappa shape index (κ2) is 8.17. The van der Waals surface area contributed by atoms with Crippen LogP contribution in [0.25, 0.3) is 0 Å². The molecule has 24 heavy (non-hydrogen) atoms. The van der Waals surface area contributed by atoms with Crippen LogP contribution >= 0.6 is 7.92 Å². The van der Waals surface area contributed by atoms with Crippen LogP contribution in [0, 0.1) is 0 Å². The smallest absolute Gasteiger partial charge is 0.0552 e. The Hall–Kier alpha value is 0.0600. The van der Waals surface area contributed by atoms with E-state index in [-0.39, 0.29) is 12.7 Å². The zero-order chi connectivity index (χ0) is 17.2. The van der Waals surface area contributed by atoms with E-state index in [2.05, 4.69) is 32.9 Å². The van der Waals surface area contributed by atoms with Gasteiger partial charge >= 0.3 is 0 Å². The van der Waals surface area contributed by atoms with Crippen molar-refractivity contribution in [3.63, 3.8) is 0 Å². The lowest BCUT2D eigenvalue weighted by atomic mass is 9.99. The molecule has 0 N–H and O–H groups in total. The molecule has 3 rings (SSSR count). The van der Waals surface area contributed by atoms with E-state index in [9.17, 15) is 4.21 Å². The Bertz CT molecular complexity index is 498. The van der Waals surface area contributed by atoms with Gasteiger partial charge in [-0.15, -0.1) is 0 Å². The van der Waals surface area contributed by atoms with E-state index in [4.69, 9.17) is 0 Å². The fourth-order valence-electron chi connectivity index (χ4n) is 4.66. The highest BCUT2D eigenvalue weighted by Crippen LogP contribution is 2.63. The third kappa shape index (κ3) is 4.24. The summed E-state index contributed by atoms with van der Waals surface area (Å²) in [4.78, 5) is 1.30. The molecular weight excluding hydrogens is 331 g/mol. The third-order valence-corrected chi connectivity index (χ3v) is 11.5. The Morgan fingerprint density at radius 2 is 1.42 bits per heavy atom. The van der Waals surface area contributed by atoms with Gasteiger partial charge in [0.25, 0.3) is 0 Å². The first kappa shape index (κ1) is 18.8. The normalized spacial score (nSPS) is 25.7. The summed E-state index contributed by atoms with van der Waals surface area (Å²) in [5.74, 6) is 0. The maximum absolute atomic E-state index is 13.2. The molecule has 0 amide bonds. The topological polar surface area (TPSA) is 17.1 Å². The van der Waals surface area contributed by atoms with Crippen molar-refractivity contribution < 1.29 is 4.21 Å². The quantitative estimate of drug-likeness (QED) is 0.497. The molecule has 3 aliphatic rings. The van der Waals surface area contributed by atoms with Crippen molar-refractivity contribution in [3.8, 4) is 0 Å². The molecule has 3 heteroatoms. The summed E-state index contributed by atoms with van der Waals surface area (Å²) in [6, 6.07) is 0. The van der Waals surface area contributed by atoms with Crippen LogP contribution in [0.5, 0.6) is 0 Å². The van der Waals surface area contributed by atoms with Gasteiger partial charge in [0.15, 0.2) is 0 Å². The van der Waals surface area contributed by atoms with E-state index in [1.54, 1.807) is 5.31 Å². The summed E-state index contributed by atoms with van der Waals surface area (Å²) < 4.78 is 13.0. The van der Waals surface area contributed by atoms with E-state index < -0.39 is 10.8 Å². The SMILES string of the molecule is CC(C)(C)S(=O)C1=C(P(C2CCCCC2)C2CCCCC2)C=CC1. The number of hydrogen-bond acceptors (Lipinski definition) is 1. The van der Waals surface area contributed by atoms with Crippen molar-refractivity contribution in [2.75, 3.05) is 0 Å². The van der Waals surface area contributed by atoms with Gasteiger partial charge in [-0.1, -0.05) is 58.6 Å². The molecule has 1 atom stereocenters. The zero-order valence-electron chi connectivity index (χ0n) is 15.9. The van der Waals surface area contributed by atoms with Crippen molar-refractivity contribution >= 4 is 18.7 Å². The van der Waals surface area contributed by atoms with Gasteiger partial charge in [-0.25, -0.2) is 0 Å². The minimum atomic E-state index is -0.839. The summed E-state index contributed by atoms with van der Waals surface area (Å²) in [7, 11) is -0.956. The largest absolute Gasteiger partial charge is 0.254 e. The predicted molar refractivity (Wildman–Crippen MR) is 109 cm³/mol. The molecule has 0 bridgehead atoms. The van der Waals surface area contributed by atoms with Crippen LogP contribution in [0.1, 0.15) is 91.4 Å². The molecule has 1 unspecified atom stereocenters. The van der Waals surface area contributed by atoms with Crippen LogP contribution in [-0.4, -0.2) is 20.3 Å². The third-order valence-electron chi connectivity index (χ3n) is 5.86. The lowest BCUT2D eigenvalue weighted by Gasteiger charge is -2.39. The second-order valence-electron chi connectivity index (χ2n) is 8.79. The van der Waals surface area contributed by atoms with Crippen molar-refractivity contribution in [3.05, 3.63) is 22.4 Å². The average molecular weight is 367 g/mol. The molecule has 136 valence electrons. The maximum Gasteiger partial charge on any atom is 0.0552 e. The fraction of sp³-hybridized carbons (Fsp3) is 0.810. The fourth-order valence-corrected chi connectivity index (χ4v) is 10.3. The summed E-state index contributed by atoms with van der Waals surface area (Å²) in [6.07, 6.45) is 19.9. The lowest BCUT2D eigenvalue weighted by molar-refractivity contribution is 0.486. The van der Waals surface area contributed by atoms with Gasteiger partial charge in [0.2, 0.25) is 0 Å². The van der Waals surface area contributed by atoms with Gasteiger partial charge in [-0.2, -0.15) is 0 Å². The molecule has 0 spiro atoms. The predicted octanol–water partition coefficient (Wildman–Crippen LogP) is 6.85. The molecule has 0 radical (unpaired) electrons. The van der Waals surface area contributed by atoms with E-state index in [1.807, 2.05) is 0 Å². The van der Waals surface area contributed by atoms with Crippen LogP contribution in [0.15, 0.2) is 22.4 Å². The molecule has 0 aromatic carbocycles. The van der Waals surface area contributed by atoms with E-state index >= 15 is 0 Å². The van der Waals surface area contributed by atoms with Gasteiger partial charge in [0.05, 0.1) is 10.8 Å². The number of rotatable bonds is 4. The first-order valence-electron chi connectivity index (χ1n) is 10.1. The molecule has 0 heterocycles. The molecule has 2 saturated carbocycles. The van der Waals surface area contributed by atoms with Crippen LogP contribution in [0.3, 0.4) is 0 Å². The highest BCUT2D eigenvalue weighted by atomic mass is 32.2. The van der Waals surface area contributed by atoms with E-state index in [0.29, 0.717) is 0 Å². The monoisotopic (exact) mass is 366 g/mol. The molecule has 0 saturated heterocycles. The van der Waals surface area contributed by atoms with Gasteiger partial charge in [0.1, 0.15) is 0 Å². The number of hydrogen-bond donors (Lipinski definition) is 0. The number of allylic oxidation sites excluding steroid dienone is 4. The van der Waals surface area contributed by atoms with Crippen LogP contribution < -0.4 is 0 Å². The van der Waals surface area contributed by atoms with Crippen molar-refractivity contribution in [1.29, 1.82) is 0 Å². The molecule has 3 aliphatic carbocycles. The summed E-state index contributed by atoms with van der Waals surface area (Å²) >= 11 is 0. The first-order chi connectivity index (χ1) is 11.5. The van der Waals surface area contributed by atoms with Crippen LogP contribution in [0.2, 0.25) is 0 Å². The van der Waals surface area contributed by atoms with Gasteiger partial charge < -0.3 is 0 Å². The van der Waals surface area contributed by atoms with Gasteiger partial charge in [-0.3, -0.25) is 4.21 Å². The zero-order valence-corrected chi connectivity index (χ0v) is 17.6. The van der Waals surface area contributed by atoms with E-state index in [0.717, 1.165) is 17.7 Å². The Kier molecular flexibility index (Phi) is 6.41. The summed E-state index contributed by atoms with van der Waals surface area (Å²) in [6.45, 7) is 6.40. The summed E-state index contributed by atoms with van der Waals surface area (Å²) in [5, 5.41) is 1.57. The molecule has 0 aromatic rings. The minimum absolute atomic E-state index is 0.117. The van der Waals surface area contributed by atoms with Crippen molar-refractivity contribution in [1.82, 2.24) is 0 Å². The van der Waals surface area contributed by atoms with Gasteiger partial charge in [-0.05, 0) is 69.5 Å². The van der Waals surface area contributed by atoms with Crippen LogP contribution in [-0.2, 0) is 10.8 Å². The van der Waals surface area contributed by atoms with Crippen LogP contribution in [0.4, 0.5) is 0 Å². The molecule has 1 nitrogen and oxygen atoms in total. The summed E-state index contributed by atoms with van der Waals surface area (Å²) in [5.41, 5.74) is 1.81. The van der Waals surface area contributed by atoms with Gasteiger partial charge in [0, 0.05) is 9.65 Å². The highest BCUT2D eigenvalue weighted by molar-refractivity contribution is 7.90. The Morgan fingerprint density at radius 3 is 1.88 bits per heavy atom. The molecule has 2 fully saturated rings. The Morgan fingerprint density at radius 1 is 0.917 bits per heavy atom. The average Bonchev–Trinajstić information content (AvgIpc) is 3.04. The molecule has 0 aromatic heterocycles. The van der Waals surface area contributed by atoms with E-state index in [1.165, 1.54) is 69.1 Å². The molecule has 0 aliphatic heterocycles. The highest BCUT2D eigenvalue weighted by Gasteiger charge is 2.37. The van der Waals surface area contributed by atoms with Crippen molar-refractivity contribution in [2.45, 2.75) is 107 Å². The lowest BCUT2D eigenvalue weighted by Crippen LogP contribution is -2.25. The second-order valence-corrected chi connectivity index (χ2v) is 13.8. The maximum atomic E-state index is 13.2.